The van der Waals surface area contributed by atoms with Crippen molar-refractivity contribution in [2.75, 3.05) is 4.72 Å². The van der Waals surface area contributed by atoms with Crippen LogP contribution in [0.4, 0.5) is 5.13 Å². The van der Waals surface area contributed by atoms with Crippen LogP contribution in [0.1, 0.15) is 55.7 Å². The highest BCUT2D eigenvalue weighted by Gasteiger charge is 2.61. The van der Waals surface area contributed by atoms with Crippen LogP contribution in [0.3, 0.4) is 0 Å². The molecular formula is C18H22N2O2S2. The van der Waals surface area contributed by atoms with E-state index in [1.807, 2.05) is 6.92 Å². The molecule has 1 saturated carbocycles. The van der Waals surface area contributed by atoms with Gasteiger partial charge in [0.15, 0.2) is 5.13 Å². The standard InChI is InChI=1S/C18H22N2O2S2/c1-11-5-7-12(8-6-11)24(21,22)20-16-19-15-14(23-16)13-9-10-18(15,4)17(13,2)3/h5-8,13H,9-10H2,1-4H3,(H,19,20). The number of nitrogens with zero attached hydrogens (tertiary/aromatic N) is 1. The van der Waals surface area contributed by atoms with Crippen LogP contribution in [0.25, 0.3) is 0 Å². The van der Waals surface area contributed by atoms with Gasteiger partial charge < -0.3 is 0 Å². The summed E-state index contributed by atoms with van der Waals surface area (Å²) < 4.78 is 27.8. The number of fused-ring (bicyclic) bond motifs is 5. The Balaban J connectivity index is 1.68. The Labute approximate surface area is 147 Å². The van der Waals surface area contributed by atoms with Crippen LogP contribution >= 0.6 is 11.3 Å². The SMILES string of the molecule is Cc1ccc(S(=O)(=O)Nc2nc3c(s2)C2CCC3(C)C2(C)C)cc1. The first-order chi connectivity index (χ1) is 11.1. The van der Waals surface area contributed by atoms with Gasteiger partial charge in [-0.1, -0.05) is 38.5 Å². The molecule has 2 unspecified atom stereocenters. The van der Waals surface area contributed by atoms with Gasteiger partial charge in [-0.05, 0) is 37.3 Å². The average molecular weight is 363 g/mol. The fourth-order valence-electron chi connectivity index (χ4n) is 4.28. The minimum absolute atomic E-state index is 0.0526. The van der Waals surface area contributed by atoms with Crippen molar-refractivity contribution in [1.29, 1.82) is 0 Å². The van der Waals surface area contributed by atoms with E-state index in [1.54, 1.807) is 24.3 Å². The first kappa shape index (κ1) is 16.1. The number of aryl methyl sites for hydroxylation is 1. The summed E-state index contributed by atoms with van der Waals surface area (Å²) in [4.78, 5) is 6.25. The topological polar surface area (TPSA) is 59.1 Å². The Kier molecular flexibility index (Phi) is 3.23. The Hall–Kier alpha value is -1.40. The second-order valence-corrected chi connectivity index (χ2v) is 10.5. The summed E-state index contributed by atoms with van der Waals surface area (Å²) in [5.41, 5.74) is 2.40. The number of hydrogen-bond donors (Lipinski definition) is 1. The Morgan fingerprint density at radius 2 is 1.88 bits per heavy atom. The molecule has 1 aromatic carbocycles. The molecule has 6 heteroatoms. The first-order valence-corrected chi connectivity index (χ1v) is 10.6. The lowest BCUT2D eigenvalue weighted by atomic mass is 9.70. The zero-order chi connectivity index (χ0) is 17.3. The van der Waals surface area contributed by atoms with E-state index in [9.17, 15) is 8.42 Å². The lowest BCUT2D eigenvalue weighted by Gasteiger charge is -2.34. The maximum atomic E-state index is 12.6. The lowest BCUT2D eigenvalue weighted by Crippen LogP contribution is -2.32. The van der Waals surface area contributed by atoms with Gasteiger partial charge in [0.1, 0.15) is 0 Å². The Morgan fingerprint density at radius 1 is 1.21 bits per heavy atom. The summed E-state index contributed by atoms with van der Waals surface area (Å²) in [6.07, 6.45) is 2.30. The van der Waals surface area contributed by atoms with Gasteiger partial charge in [0.05, 0.1) is 10.6 Å². The van der Waals surface area contributed by atoms with Gasteiger partial charge in [0, 0.05) is 16.2 Å². The molecular weight excluding hydrogens is 340 g/mol. The van der Waals surface area contributed by atoms with Gasteiger partial charge in [0.25, 0.3) is 10.0 Å². The molecule has 2 bridgehead atoms. The smallest absolute Gasteiger partial charge is 0.255 e. The predicted molar refractivity (Wildman–Crippen MR) is 97.2 cm³/mol. The van der Waals surface area contributed by atoms with E-state index < -0.39 is 10.0 Å². The van der Waals surface area contributed by atoms with E-state index in [4.69, 9.17) is 4.98 Å². The summed E-state index contributed by atoms with van der Waals surface area (Å²) in [6.45, 7) is 8.84. The third-order valence-electron chi connectivity index (χ3n) is 6.27. The number of rotatable bonds is 3. The number of thiazole rings is 1. The normalized spacial score (nSPS) is 27.2. The quantitative estimate of drug-likeness (QED) is 0.879. The van der Waals surface area contributed by atoms with Crippen molar-refractivity contribution >= 4 is 26.5 Å². The fraction of sp³-hybridized carbons (Fsp3) is 0.500. The van der Waals surface area contributed by atoms with Crippen molar-refractivity contribution in [3.8, 4) is 0 Å². The van der Waals surface area contributed by atoms with Crippen LogP contribution in [0, 0.1) is 12.3 Å². The average Bonchev–Trinajstić information content (AvgIpc) is 3.04. The van der Waals surface area contributed by atoms with E-state index in [1.165, 1.54) is 22.6 Å². The molecule has 1 aromatic heterocycles. The highest BCUT2D eigenvalue weighted by atomic mass is 32.2. The number of sulfonamides is 1. The maximum absolute atomic E-state index is 12.6. The van der Waals surface area contributed by atoms with Crippen molar-refractivity contribution in [1.82, 2.24) is 4.98 Å². The number of aromatic nitrogens is 1. The molecule has 2 aliphatic carbocycles. The molecule has 2 aromatic rings. The molecule has 4 nitrogen and oxygen atoms in total. The summed E-state index contributed by atoms with van der Waals surface area (Å²) in [5.74, 6) is 0.493. The van der Waals surface area contributed by atoms with E-state index in [0.717, 1.165) is 17.7 Å². The third kappa shape index (κ3) is 2.02. The van der Waals surface area contributed by atoms with E-state index >= 15 is 0 Å². The minimum Gasteiger partial charge on any atom is -0.255 e. The molecule has 1 fully saturated rings. The van der Waals surface area contributed by atoms with Gasteiger partial charge in [-0.25, -0.2) is 13.4 Å². The molecule has 0 spiro atoms. The lowest BCUT2D eigenvalue weighted by molar-refractivity contribution is 0.227. The predicted octanol–water partition coefficient (Wildman–Crippen LogP) is 4.43. The Bertz CT molecular complexity index is 913. The van der Waals surface area contributed by atoms with Gasteiger partial charge in [-0.15, -0.1) is 11.3 Å². The third-order valence-corrected chi connectivity index (χ3v) is 8.84. The van der Waals surface area contributed by atoms with E-state index in [0.29, 0.717) is 11.0 Å². The van der Waals surface area contributed by atoms with E-state index in [2.05, 4.69) is 25.5 Å². The molecule has 1 heterocycles. The first-order valence-electron chi connectivity index (χ1n) is 8.26. The van der Waals surface area contributed by atoms with Crippen LogP contribution in [-0.2, 0) is 15.4 Å². The van der Waals surface area contributed by atoms with Gasteiger partial charge in [-0.3, -0.25) is 4.72 Å². The van der Waals surface area contributed by atoms with Gasteiger partial charge in [-0.2, -0.15) is 0 Å². The Morgan fingerprint density at radius 3 is 2.50 bits per heavy atom. The highest BCUT2D eigenvalue weighted by molar-refractivity contribution is 7.93. The molecule has 4 rings (SSSR count). The summed E-state index contributed by atoms with van der Waals surface area (Å²) in [5, 5.41) is 0.495. The molecule has 2 aliphatic rings. The zero-order valence-corrected chi connectivity index (χ0v) is 16.0. The number of benzene rings is 1. The molecule has 0 radical (unpaired) electrons. The molecule has 0 amide bonds. The molecule has 1 N–H and O–H groups in total. The van der Waals surface area contributed by atoms with Crippen molar-refractivity contribution in [3.63, 3.8) is 0 Å². The molecule has 24 heavy (non-hydrogen) atoms. The molecule has 2 atom stereocenters. The second kappa shape index (κ2) is 4.82. The highest BCUT2D eigenvalue weighted by Crippen LogP contribution is 2.68. The largest absolute Gasteiger partial charge is 0.263 e. The van der Waals surface area contributed by atoms with E-state index in [-0.39, 0.29) is 15.7 Å². The van der Waals surface area contributed by atoms with Gasteiger partial charge >= 0.3 is 0 Å². The monoisotopic (exact) mass is 362 g/mol. The van der Waals surface area contributed by atoms with Crippen molar-refractivity contribution in [2.45, 2.75) is 56.8 Å². The van der Waals surface area contributed by atoms with Gasteiger partial charge in [0.2, 0.25) is 0 Å². The van der Waals surface area contributed by atoms with Crippen molar-refractivity contribution in [3.05, 3.63) is 40.4 Å². The minimum atomic E-state index is -3.58. The fourth-order valence-corrected chi connectivity index (χ4v) is 6.93. The van der Waals surface area contributed by atoms with Crippen LogP contribution in [0.15, 0.2) is 29.2 Å². The molecule has 128 valence electrons. The number of anilines is 1. The summed E-state index contributed by atoms with van der Waals surface area (Å²) in [7, 11) is -3.58. The summed E-state index contributed by atoms with van der Waals surface area (Å²) >= 11 is 1.51. The van der Waals surface area contributed by atoms with Crippen LogP contribution in [0.2, 0.25) is 0 Å². The van der Waals surface area contributed by atoms with Crippen LogP contribution in [-0.4, -0.2) is 13.4 Å². The number of hydrogen-bond acceptors (Lipinski definition) is 4. The van der Waals surface area contributed by atoms with Crippen molar-refractivity contribution in [2.24, 2.45) is 5.41 Å². The molecule has 0 aliphatic heterocycles. The van der Waals surface area contributed by atoms with Crippen LogP contribution < -0.4 is 4.72 Å². The second-order valence-electron chi connectivity index (χ2n) is 7.80. The molecule has 0 saturated heterocycles. The number of nitrogens with one attached hydrogen (secondary N) is 1. The summed E-state index contributed by atoms with van der Waals surface area (Å²) in [6, 6.07) is 6.88. The zero-order valence-electron chi connectivity index (χ0n) is 14.4. The van der Waals surface area contributed by atoms with Crippen LogP contribution in [0.5, 0.6) is 0 Å². The maximum Gasteiger partial charge on any atom is 0.263 e. The van der Waals surface area contributed by atoms with Crippen molar-refractivity contribution < 1.29 is 8.42 Å².